The summed E-state index contributed by atoms with van der Waals surface area (Å²) in [6.07, 6.45) is 4.80. The maximum absolute atomic E-state index is 12.3. The van der Waals surface area contributed by atoms with E-state index in [1.54, 1.807) is 0 Å². The highest BCUT2D eigenvalue weighted by atomic mass is 16.5. The van der Waals surface area contributed by atoms with Gasteiger partial charge in [0.2, 0.25) is 5.91 Å². The predicted octanol–water partition coefficient (Wildman–Crippen LogP) is 0.534. The van der Waals surface area contributed by atoms with Crippen molar-refractivity contribution in [2.24, 2.45) is 5.41 Å². The van der Waals surface area contributed by atoms with Crippen LogP contribution in [0.1, 0.15) is 39.0 Å². The van der Waals surface area contributed by atoms with Gasteiger partial charge in [-0.05, 0) is 32.6 Å². The molecule has 1 spiro atoms. The van der Waals surface area contributed by atoms with Crippen LogP contribution in [-0.2, 0) is 14.3 Å². The Hall–Kier alpha value is -0.690. The Bertz CT molecular complexity index is 401. The van der Waals surface area contributed by atoms with Gasteiger partial charge in [0.15, 0.2) is 0 Å². The van der Waals surface area contributed by atoms with Crippen LogP contribution in [0.15, 0.2) is 0 Å². The number of piperidine rings is 1. The zero-order chi connectivity index (χ0) is 16.3. The lowest BCUT2D eigenvalue weighted by atomic mass is 9.58. The fourth-order valence-electron chi connectivity index (χ4n) is 4.25. The minimum Gasteiger partial charge on any atom is -0.392 e. The van der Waals surface area contributed by atoms with Crippen LogP contribution in [0.4, 0.5) is 0 Å². The van der Waals surface area contributed by atoms with Gasteiger partial charge < -0.3 is 24.8 Å². The molecule has 2 aliphatic heterocycles. The lowest BCUT2D eigenvalue weighted by Crippen LogP contribution is -2.63. The van der Waals surface area contributed by atoms with Crippen molar-refractivity contribution in [3.8, 4) is 0 Å². The molecule has 0 unspecified atom stereocenters. The first-order chi connectivity index (χ1) is 11.2. The molecule has 3 rings (SSSR count). The fourth-order valence-corrected chi connectivity index (χ4v) is 4.25. The molecule has 1 amide bonds. The van der Waals surface area contributed by atoms with Crippen molar-refractivity contribution in [3.63, 3.8) is 0 Å². The van der Waals surface area contributed by atoms with Gasteiger partial charge in [-0.3, -0.25) is 4.79 Å². The second kappa shape index (κ2) is 7.47. The third-order valence-electron chi connectivity index (χ3n) is 5.83. The Labute approximate surface area is 138 Å². The van der Waals surface area contributed by atoms with Crippen LogP contribution < -0.4 is 5.32 Å². The van der Waals surface area contributed by atoms with Gasteiger partial charge in [-0.1, -0.05) is 0 Å². The van der Waals surface area contributed by atoms with Gasteiger partial charge in [0.05, 0.1) is 24.9 Å². The van der Waals surface area contributed by atoms with E-state index in [1.807, 2.05) is 11.8 Å². The van der Waals surface area contributed by atoms with Crippen molar-refractivity contribution < 1.29 is 19.4 Å². The highest BCUT2D eigenvalue weighted by molar-refractivity contribution is 5.78. The highest BCUT2D eigenvalue weighted by Gasteiger charge is 2.56. The van der Waals surface area contributed by atoms with Crippen molar-refractivity contribution in [1.82, 2.24) is 10.2 Å². The topological polar surface area (TPSA) is 71.0 Å². The molecule has 6 nitrogen and oxygen atoms in total. The Balaban J connectivity index is 1.40. The summed E-state index contributed by atoms with van der Waals surface area (Å²) in [4.78, 5) is 14.2. The molecule has 0 radical (unpaired) electrons. The molecule has 1 aliphatic carbocycles. The van der Waals surface area contributed by atoms with Crippen molar-refractivity contribution in [3.05, 3.63) is 0 Å². The highest BCUT2D eigenvalue weighted by Crippen LogP contribution is 2.50. The largest absolute Gasteiger partial charge is 0.392 e. The summed E-state index contributed by atoms with van der Waals surface area (Å²) >= 11 is 0. The summed E-state index contributed by atoms with van der Waals surface area (Å²) in [6, 6.07) is 0. The van der Waals surface area contributed by atoms with Gasteiger partial charge in [0.1, 0.15) is 0 Å². The Morgan fingerprint density at radius 3 is 2.83 bits per heavy atom. The molecule has 6 heteroatoms. The van der Waals surface area contributed by atoms with Crippen LogP contribution in [0.3, 0.4) is 0 Å². The Morgan fingerprint density at radius 1 is 1.43 bits per heavy atom. The predicted molar refractivity (Wildman–Crippen MR) is 86.1 cm³/mol. The number of hydrogen-bond donors (Lipinski definition) is 2. The number of carbonyl (C=O) groups is 1. The number of aliphatic hydroxyl groups excluding tert-OH is 1. The normalized spacial score (nSPS) is 33.0. The summed E-state index contributed by atoms with van der Waals surface area (Å²) in [5, 5.41) is 13.4. The standard InChI is InChI=1S/C17H30N2O4/c1-2-22-15-10-14(20)17(15)5-7-19(8-6-17)16(21)12-18-11-13-4-3-9-23-13/h13-15,18,20H,2-12H2,1H3/t13-,14-,15+/m0/s1. The molecule has 1 saturated carbocycles. The zero-order valence-electron chi connectivity index (χ0n) is 14.1. The summed E-state index contributed by atoms with van der Waals surface area (Å²) in [6.45, 7) is 6.12. The molecule has 3 aliphatic rings. The lowest BCUT2D eigenvalue weighted by molar-refractivity contribution is -0.209. The van der Waals surface area contributed by atoms with Gasteiger partial charge in [-0.25, -0.2) is 0 Å². The van der Waals surface area contributed by atoms with Crippen molar-refractivity contribution in [1.29, 1.82) is 0 Å². The minimum absolute atomic E-state index is 0.113. The number of hydrogen-bond acceptors (Lipinski definition) is 5. The molecular formula is C17H30N2O4. The third-order valence-corrected chi connectivity index (χ3v) is 5.83. The van der Waals surface area contributed by atoms with Gasteiger partial charge in [0.25, 0.3) is 0 Å². The molecule has 132 valence electrons. The molecule has 0 aromatic carbocycles. The van der Waals surface area contributed by atoms with Crippen LogP contribution in [-0.4, -0.2) is 73.6 Å². The monoisotopic (exact) mass is 326 g/mol. The summed E-state index contributed by atoms with van der Waals surface area (Å²) < 4.78 is 11.3. The van der Waals surface area contributed by atoms with Crippen molar-refractivity contribution >= 4 is 5.91 Å². The Morgan fingerprint density at radius 2 is 2.22 bits per heavy atom. The van der Waals surface area contributed by atoms with Crippen LogP contribution >= 0.6 is 0 Å². The Kier molecular flexibility index (Phi) is 5.57. The minimum atomic E-state index is -0.269. The molecule has 0 aromatic heterocycles. The number of likely N-dealkylation sites (tertiary alicyclic amines) is 1. The molecule has 3 fully saturated rings. The number of amides is 1. The lowest BCUT2D eigenvalue weighted by Gasteiger charge is -2.56. The molecule has 2 heterocycles. The van der Waals surface area contributed by atoms with E-state index < -0.39 is 0 Å². The van der Waals surface area contributed by atoms with Gasteiger partial charge >= 0.3 is 0 Å². The smallest absolute Gasteiger partial charge is 0.236 e. The average Bonchev–Trinajstić information content (AvgIpc) is 3.08. The number of aliphatic hydroxyl groups is 1. The molecule has 0 aromatic rings. The molecular weight excluding hydrogens is 296 g/mol. The molecule has 2 saturated heterocycles. The third kappa shape index (κ3) is 3.55. The number of nitrogens with one attached hydrogen (secondary N) is 1. The number of rotatable bonds is 6. The van der Waals surface area contributed by atoms with E-state index in [4.69, 9.17) is 9.47 Å². The zero-order valence-corrected chi connectivity index (χ0v) is 14.1. The van der Waals surface area contributed by atoms with Crippen LogP contribution in [0.25, 0.3) is 0 Å². The quantitative estimate of drug-likeness (QED) is 0.745. The van der Waals surface area contributed by atoms with Crippen molar-refractivity contribution in [2.45, 2.75) is 57.3 Å². The van der Waals surface area contributed by atoms with Gasteiger partial charge in [-0.2, -0.15) is 0 Å². The molecule has 0 bridgehead atoms. The van der Waals surface area contributed by atoms with Crippen LogP contribution in [0.2, 0.25) is 0 Å². The summed E-state index contributed by atoms with van der Waals surface area (Å²) in [5.41, 5.74) is -0.113. The fraction of sp³-hybridized carbons (Fsp3) is 0.941. The maximum atomic E-state index is 12.3. The van der Waals surface area contributed by atoms with Crippen LogP contribution in [0.5, 0.6) is 0 Å². The van der Waals surface area contributed by atoms with E-state index in [0.29, 0.717) is 13.2 Å². The van der Waals surface area contributed by atoms with E-state index in [2.05, 4.69) is 5.32 Å². The SMILES string of the molecule is CCO[C@@H]1C[C@H](O)C12CCN(C(=O)CNC[C@@H]1CCCO1)CC2. The first-order valence-corrected chi connectivity index (χ1v) is 9.05. The number of nitrogens with zero attached hydrogens (tertiary/aromatic N) is 1. The number of carbonyl (C=O) groups excluding carboxylic acids is 1. The first kappa shape index (κ1) is 17.1. The number of ether oxygens (including phenoxy) is 2. The second-order valence-electron chi connectivity index (χ2n) is 7.08. The average molecular weight is 326 g/mol. The van der Waals surface area contributed by atoms with Crippen LogP contribution in [0, 0.1) is 5.41 Å². The van der Waals surface area contributed by atoms with E-state index in [1.165, 1.54) is 0 Å². The second-order valence-corrected chi connectivity index (χ2v) is 7.08. The molecule has 23 heavy (non-hydrogen) atoms. The summed E-state index contributed by atoms with van der Waals surface area (Å²) in [5.74, 6) is 0.152. The molecule has 3 atom stereocenters. The van der Waals surface area contributed by atoms with E-state index in [9.17, 15) is 9.90 Å². The van der Waals surface area contributed by atoms with Gasteiger partial charge in [0, 0.05) is 44.7 Å². The maximum Gasteiger partial charge on any atom is 0.236 e. The summed E-state index contributed by atoms with van der Waals surface area (Å²) in [7, 11) is 0. The van der Waals surface area contributed by atoms with E-state index in [0.717, 1.165) is 58.3 Å². The first-order valence-electron chi connectivity index (χ1n) is 9.05. The molecule has 2 N–H and O–H groups in total. The van der Waals surface area contributed by atoms with Crippen molar-refractivity contribution in [2.75, 3.05) is 39.4 Å². The van der Waals surface area contributed by atoms with E-state index in [-0.39, 0.29) is 29.6 Å². The van der Waals surface area contributed by atoms with Gasteiger partial charge in [-0.15, -0.1) is 0 Å². The van der Waals surface area contributed by atoms with E-state index >= 15 is 0 Å².